The highest BCUT2D eigenvalue weighted by Crippen LogP contribution is 2.29. The van der Waals surface area contributed by atoms with Crippen molar-refractivity contribution in [2.24, 2.45) is 0 Å². The summed E-state index contributed by atoms with van der Waals surface area (Å²) in [7, 11) is 0. The summed E-state index contributed by atoms with van der Waals surface area (Å²) < 4.78 is 0. The maximum atomic E-state index is 2.98. The van der Waals surface area contributed by atoms with Gasteiger partial charge in [0.2, 0.25) is 0 Å². The highest BCUT2D eigenvalue weighted by atomic mass is 32.2. The molecule has 0 bridgehead atoms. The topological polar surface area (TPSA) is 12.0 Å². The molecule has 0 fully saturated rings. The Kier molecular flexibility index (Phi) is 1.40. The van der Waals surface area contributed by atoms with Crippen LogP contribution in [0.4, 0.5) is 5.69 Å². The van der Waals surface area contributed by atoms with Crippen molar-refractivity contribution in [2.45, 2.75) is 4.90 Å². The minimum Gasteiger partial charge on any atom is -0.352 e. The van der Waals surface area contributed by atoms with Gasteiger partial charge in [-0.1, -0.05) is 23.9 Å². The summed E-state index contributed by atoms with van der Waals surface area (Å²) in [6.07, 6.45) is 2.80. The molecule has 0 saturated carbocycles. The predicted octanol–water partition coefficient (Wildman–Crippen LogP) is 2.28. The van der Waals surface area contributed by atoms with Crippen LogP contribution in [0.5, 0.6) is 0 Å². The summed E-state index contributed by atoms with van der Waals surface area (Å²) >= 11 is 1.57. The second-order valence-corrected chi connectivity index (χ2v) is 2.80. The minimum absolute atomic E-state index is 1.12. The number of fused-ring (bicyclic) bond motifs is 1. The molecular formula is C8H5NS. The summed E-state index contributed by atoms with van der Waals surface area (Å²) in [4.78, 5) is 1.21. The van der Waals surface area contributed by atoms with Gasteiger partial charge in [0, 0.05) is 4.90 Å². The van der Waals surface area contributed by atoms with Gasteiger partial charge in [-0.15, -0.1) is 0 Å². The van der Waals surface area contributed by atoms with Gasteiger partial charge in [0.1, 0.15) is 0 Å². The molecule has 0 aromatic heterocycles. The number of hydrogen-bond acceptors (Lipinski definition) is 2. The minimum atomic E-state index is 1.12. The van der Waals surface area contributed by atoms with Crippen molar-refractivity contribution in [1.29, 1.82) is 0 Å². The fraction of sp³-hybridized carbons (Fsp3) is 0. The number of hydrogen-bond donors (Lipinski definition) is 1. The standard InChI is InChI=1S/C8H5NS/c1-2-4-8-7(3-1)9-5-6-10-8/h1-4,9H. The second-order valence-electron chi connectivity index (χ2n) is 1.95. The molecule has 1 nitrogen and oxygen atoms in total. The molecule has 2 radical (unpaired) electrons. The van der Waals surface area contributed by atoms with E-state index >= 15 is 0 Å². The van der Waals surface area contributed by atoms with E-state index in [2.05, 4.69) is 23.0 Å². The largest absolute Gasteiger partial charge is 0.352 e. The number of thioether (sulfide) groups is 1. The summed E-state index contributed by atoms with van der Waals surface area (Å²) in [6, 6.07) is 8.09. The third kappa shape index (κ3) is 0.907. The lowest BCUT2D eigenvalue weighted by atomic mass is 10.3. The van der Waals surface area contributed by atoms with Crippen molar-refractivity contribution in [2.75, 3.05) is 5.32 Å². The monoisotopic (exact) mass is 147 g/mol. The molecule has 0 saturated heterocycles. The van der Waals surface area contributed by atoms with E-state index in [1.165, 1.54) is 4.90 Å². The maximum absolute atomic E-state index is 2.98. The molecule has 1 N–H and O–H groups in total. The van der Waals surface area contributed by atoms with Crippen LogP contribution >= 0.6 is 11.8 Å². The number of nitrogens with one attached hydrogen (secondary N) is 1. The molecule has 0 atom stereocenters. The highest BCUT2D eigenvalue weighted by Gasteiger charge is 2.02. The molecule has 1 aliphatic rings. The number of anilines is 1. The van der Waals surface area contributed by atoms with Gasteiger partial charge < -0.3 is 5.32 Å². The molecule has 1 heterocycles. The van der Waals surface area contributed by atoms with E-state index < -0.39 is 0 Å². The van der Waals surface area contributed by atoms with E-state index in [-0.39, 0.29) is 0 Å². The number of benzene rings is 1. The van der Waals surface area contributed by atoms with Crippen LogP contribution in [-0.2, 0) is 0 Å². The molecule has 1 aromatic rings. The summed E-state index contributed by atoms with van der Waals surface area (Å²) in [5, 5.41) is 5.88. The Bertz CT molecular complexity index is 241. The zero-order valence-electron chi connectivity index (χ0n) is 5.22. The first-order chi connectivity index (χ1) is 4.97. The van der Waals surface area contributed by atoms with Crippen LogP contribution in [0.3, 0.4) is 0 Å². The lowest BCUT2D eigenvalue weighted by Crippen LogP contribution is -1.93. The third-order valence-corrected chi connectivity index (χ3v) is 2.08. The second kappa shape index (κ2) is 2.39. The molecule has 2 rings (SSSR count). The van der Waals surface area contributed by atoms with E-state index in [0.717, 1.165) is 5.69 Å². The Balaban J connectivity index is 2.47. The Morgan fingerprint density at radius 2 is 2.20 bits per heavy atom. The molecule has 1 aromatic carbocycles. The first-order valence-corrected chi connectivity index (χ1v) is 3.80. The zero-order valence-corrected chi connectivity index (χ0v) is 6.03. The van der Waals surface area contributed by atoms with Crippen molar-refractivity contribution >= 4 is 17.4 Å². The summed E-state index contributed by atoms with van der Waals surface area (Å²) in [5.74, 6) is 0. The quantitative estimate of drug-likeness (QED) is 0.604. The molecule has 10 heavy (non-hydrogen) atoms. The van der Waals surface area contributed by atoms with Crippen LogP contribution in [0.2, 0.25) is 0 Å². The molecule has 0 spiro atoms. The van der Waals surface area contributed by atoms with Crippen LogP contribution < -0.4 is 5.32 Å². The lowest BCUT2D eigenvalue weighted by molar-refractivity contribution is 1.39. The van der Waals surface area contributed by atoms with Gasteiger partial charge >= 0.3 is 0 Å². The Morgan fingerprint density at radius 1 is 1.30 bits per heavy atom. The first-order valence-electron chi connectivity index (χ1n) is 2.99. The van der Waals surface area contributed by atoms with Crippen molar-refractivity contribution < 1.29 is 0 Å². The summed E-state index contributed by atoms with van der Waals surface area (Å²) in [6.45, 7) is 0. The van der Waals surface area contributed by atoms with Gasteiger partial charge in [0.15, 0.2) is 0 Å². The van der Waals surface area contributed by atoms with E-state index in [9.17, 15) is 0 Å². The average molecular weight is 147 g/mol. The molecule has 48 valence electrons. The number of rotatable bonds is 0. The fourth-order valence-corrected chi connectivity index (χ4v) is 1.42. The van der Waals surface area contributed by atoms with Crippen LogP contribution in [0, 0.1) is 11.6 Å². The Morgan fingerprint density at radius 3 is 3.10 bits per heavy atom. The molecule has 2 heteroatoms. The maximum Gasteiger partial charge on any atom is 0.0790 e. The first kappa shape index (κ1) is 5.86. The van der Waals surface area contributed by atoms with Gasteiger partial charge in [-0.2, -0.15) is 0 Å². The highest BCUT2D eigenvalue weighted by molar-refractivity contribution is 8.01. The van der Waals surface area contributed by atoms with Gasteiger partial charge in [-0.05, 0) is 12.1 Å². The van der Waals surface area contributed by atoms with E-state index in [0.29, 0.717) is 0 Å². The fourth-order valence-electron chi connectivity index (χ4n) is 0.832. The van der Waals surface area contributed by atoms with Crippen molar-refractivity contribution in [3.8, 4) is 0 Å². The van der Waals surface area contributed by atoms with Crippen LogP contribution in [-0.4, -0.2) is 0 Å². The Hall–Kier alpha value is -0.890. The third-order valence-electron chi connectivity index (χ3n) is 1.30. The summed E-state index contributed by atoms with van der Waals surface area (Å²) in [5.41, 5.74) is 1.12. The van der Waals surface area contributed by atoms with E-state index in [1.807, 2.05) is 18.2 Å². The normalized spacial score (nSPS) is 14.0. The molecule has 0 amide bonds. The van der Waals surface area contributed by atoms with Crippen molar-refractivity contribution in [3.63, 3.8) is 0 Å². The predicted molar refractivity (Wildman–Crippen MR) is 42.4 cm³/mol. The molecular weight excluding hydrogens is 142 g/mol. The van der Waals surface area contributed by atoms with Gasteiger partial charge in [0.25, 0.3) is 0 Å². The van der Waals surface area contributed by atoms with E-state index in [1.54, 1.807) is 11.8 Å². The van der Waals surface area contributed by atoms with E-state index in [4.69, 9.17) is 0 Å². The van der Waals surface area contributed by atoms with Gasteiger partial charge in [0.05, 0.1) is 17.3 Å². The van der Waals surface area contributed by atoms with Crippen LogP contribution in [0.15, 0.2) is 29.2 Å². The van der Waals surface area contributed by atoms with Crippen molar-refractivity contribution in [1.82, 2.24) is 0 Å². The molecule has 0 aliphatic carbocycles. The van der Waals surface area contributed by atoms with Gasteiger partial charge in [-0.3, -0.25) is 0 Å². The SMILES string of the molecule is [C]1=[C]Sc2ccccc2N1. The van der Waals surface area contributed by atoms with Crippen molar-refractivity contribution in [3.05, 3.63) is 35.9 Å². The van der Waals surface area contributed by atoms with Gasteiger partial charge in [-0.25, -0.2) is 0 Å². The van der Waals surface area contributed by atoms with Crippen LogP contribution in [0.25, 0.3) is 0 Å². The Labute approximate surface area is 64.1 Å². The zero-order chi connectivity index (χ0) is 6.81. The molecule has 0 unspecified atom stereocenters. The average Bonchev–Trinajstić information content (AvgIpc) is 2.05. The smallest absolute Gasteiger partial charge is 0.0790 e. The van der Waals surface area contributed by atoms with Crippen LogP contribution in [0.1, 0.15) is 0 Å². The lowest BCUT2D eigenvalue weighted by Gasteiger charge is -2.08. The number of para-hydroxylation sites is 1. The molecule has 1 aliphatic heterocycles.